The Bertz CT molecular complexity index is 956. The molecule has 1 unspecified atom stereocenters. The number of nitrogens with zero attached hydrogens (tertiary/aromatic N) is 1. The molecular formula is C20H24N2O4S. The lowest BCUT2D eigenvalue weighted by molar-refractivity contribution is 0.0947. The number of nitrogens with one attached hydrogen (secondary N) is 1. The minimum absolute atomic E-state index is 0.143. The quantitative estimate of drug-likeness (QED) is 0.772. The van der Waals surface area contributed by atoms with Gasteiger partial charge in [0.05, 0.1) is 18.5 Å². The molecule has 27 heavy (non-hydrogen) atoms. The molecule has 0 saturated heterocycles. The Labute approximate surface area is 160 Å². The van der Waals surface area contributed by atoms with Crippen LogP contribution in [0.3, 0.4) is 0 Å². The van der Waals surface area contributed by atoms with Crippen LogP contribution in [0.4, 0.5) is 5.69 Å². The number of hydrogen-bond donors (Lipinski definition) is 1. The fourth-order valence-electron chi connectivity index (χ4n) is 3.39. The van der Waals surface area contributed by atoms with Crippen molar-refractivity contribution in [3.8, 4) is 5.75 Å². The zero-order valence-electron chi connectivity index (χ0n) is 15.7. The third kappa shape index (κ3) is 4.42. The Morgan fingerprint density at radius 1 is 1.26 bits per heavy atom. The number of anilines is 1. The van der Waals surface area contributed by atoms with Crippen LogP contribution in [0.5, 0.6) is 5.75 Å². The van der Waals surface area contributed by atoms with E-state index in [9.17, 15) is 13.2 Å². The monoisotopic (exact) mass is 388 g/mol. The van der Waals surface area contributed by atoms with E-state index in [1.165, 1.54) is 10.6 Å². The average molecular weight is 388 g/mol. The first-order chi connectivity index (χ1) is 12.8. The first kappa shape index (κ1) is 19.2. The summed E-state index contributed by atoms with van der Waals surface area (Å²) in [4.78, 5) is 12.4. The molecule has 144 valence electrons. The predicted molar refractivity (Wildman–Crippen MR) is 106 cm³/mol. The van der Waals surface area contributed by atoms with E-state index in [0.717, 1.165) is 16.9 Å². The molecule has 0 saturated carbocycles. The van der Waals surface area contributed by atoms with Crippen LogP contribution in [-0.4, -0.2) is 39.8 Å². The molecular weight excluding hydrogens is 364 g/mol. The van der Waals surface area contributed by atoms with Crippen LogP contribution < -0.4 is 14.4 Å². The van der Waals surface area contributed by atoms with E-state index < -0.39 is 10.0 Å². The maximum atomic E-state index is 12.4. The summed E-state index contributed by atoms with van der Waals surface area (Å²) in [7, 11) is -3.33. The van der Waals surface area contributed by atoms with Crippen molar-refractivity contribution in [2.75, 3.05) is 23.7 Å². The Morgan fingerprint density at radius 2 is 2.04 bits per heavy atom. The van der Waals surface area contributed by atoms with Gasteiger partial charge >= 0.3 is 0 Å². The second-order valence-corrected chi connectivity index (χ2v) is 8.74. The number of aryl methyl sites for hydroxylation is 1. The molecule has 0 aromatic heterocycles. The van der Waals surface area contributed by atoms with E-state index in [0.29, 0.717) is 30.8 Å². The highest BCUT2D eigenvalue weighted by Crippen LogP contribution is 2.34. The van der Waals surface area contributed by atoms with Crippen LogP contribution in [0.1, 0.15) is 28.4 Å². The number of hydrogen-bond acceptors (Lipinski definition) is 4. The van der Waals surface area contributed by atoms with Gasteiger partial charge in [0.1, 0.15) is 12.4 Å². The minimum Gasteiger partial charge on any atom is -0.492 e. The normalized spacial score (nSPS) is 16.1. The molecule has 3 rings (SSSR count). The van der Waals surface area contributed by atoms with Gasteiger partial charge in [0.25, 0.3) is 5.91 Å². The van der Waals surface area contributed by atoms with Gasteiger partial charge in [-0.3, -0.25) is 9.10 Å². The number of carbonyl (C=O) groups is 1. The first-order valence-corrected chi connectivity index (χ1v) is 10.7. The fourth-order valence-corrected chi connectivity index (χ4v) is 4.65. The number of rotatable bonds is 6. The first-order valence-electron chi connectivity index (χ1n) is 8.85. The van der Waals surface area contributed by atoms with Crippen LogP contribution in [0, 0.1) is 6.92 Å². The molecule has 1 N–H and O–H groups in total. The number of fused-ring (bicyclic) bond motifs is 1. The zero-order chi connectivity index (χ0) is 19.6. The molecule has 0 bridgehead atoms. The summed E-state index contributed by atoms with van der Waals surface area (Å²) in [6.07, 6.45) is 1.80. The van der Waals surface area contributed by atoms with Gasteiger partial charge in [-0.15, -0.1) is 0 Å². The van der Waals surface area contributed by atoms with Crippen LogP contribution in [0.15, 0.2) is 42.5 Å². The molecule has 1 aliphatic rings. The second-order valence-electron chi connectivity index (χ2n) is 6.88. The summed E-state index contributed by atoms with van der Waals surface area (Å²) in [5.74, 6) is 0.577. The summed E-state index contributed by atoms with van der Waals surface area (Å²) < 4.78 is 31.0. The van der Waals surface area contributed by atoms with Gasteiger partial charge in [-0.2, -0.15) is 0 Å². The summed E-state index contributed by atoms with van der Waals surface area (Å²) in [5.41, 5.74) is 3.17. The van der Waals surface area contributed by atoms with Crippen molar-refractivity contribution in [1.29, 1.82) is 0 Å². The molecule has 0 aliphatic carbocycles. The zero-order valence-corrected chi connectivity index (χ0v) is 16.5. The molecule has 1 amide bonds. The van der Waals surface area contributed by atoms with Crippen LogP contribution >= 0.6 is 0 Å². The molecule has 2 aromatic carbocycles. The number of ether oxygens (including phenoxy) is 1. The molecule has 2 aromatic rings. The van der Waals surface area contributed by atoms with Crippen molar-refractivity contribution >= 4 is 21.6 Å². The fraction of sp³-hybridized carbons (Fsp3) is 0.350. The number of amides is 1. The predicted octanol–water partition coefficient (Wildman–Crippen LogP) is 2.51. The molecule has 6 nitrogen and oxygen atoms in total. The van der Waals surface area contributed by atoms with Gasteiger partial charge in [-0.05, 0) is 61.7 Å². The Morgan fingerprint density at radius 3 is 2.74 bits per heavy atom. The van der Waals surface area contributed by atoms with Crippen molar-refractivity contribution in [2.24, 2.45) is 0 Å². The Kier molecular flexibility index (Phi) is 5.41. The Hall–Kier alpha value is -2.54. The van der Waals surface area contributed by atoms with Crippen LogP contribution in [0.25, 0.3) is 0 Å². The molecule has 1 heterocycles. The van der Waals surface area contributed by atoms with Crippen molar-refractivity contribution < 1.29 is 17.9 Å². The lowest BCUT2D eigenvalue weighted by Gasteiger charge is -2.21. The summed E-state index contributed by atoms with van der Waals surface area (Å²) >= 11 is 0. The Balaban J connectivity index is 1.59. The maximum Gasteiger partial charge on any atom is 0.251 e. The van der Waals surface area contributed by atoms with Crippen molar-refractivity contribution in [3.63, 3.8) is 0 Å². The minimum atomic E-state index is -3.33. The van der Waals surface area contributed by atoms with Gasteiger partial charge < -0.3 is 10.1 Å². The van der Waals surface area contributed by atoms with E-state index in [1.807, 2.05) is 38.1 Å². The number of sulfonamides is 1. The highest BCUT2D eigenvalue weighted by Gasteiger charge is 2.32. The third-order valence-corrected chi connectivity index (χ3v) is 5.77. The molecule has 0 radical (unpaired) electrons. The molecule has 1 atom stereocenters. The molecule has 1 aliphatic heterocycles. The SMILES string of the molecule is Cc1cccc(OCCNC(=O)c2ccc3c(c2)CC(C)N3S(C)(=O)=O)c1. The maximum absolute atomic E-state index is 12.4. The van der Waals surface area contributed by atoms with Crippen LogP contribution in [0.2, 0.25) is 0 Å². The summed E-state index contributed by atoms with van der Waals surface area (Å²) in [5, 5.41) is 2.83. The highest BCUT2D eigenvalue weighted by molar-refractivity contribution is 7.92. The van der Waals surface area contributed by atoms with Gasteiger partial charge in [-0.1, -0.05) is 12.1 Å². The van der Waals surface area contributed by atoms with Crippen molar-refractivity contribution in [3.05, 3.63) is 59.2 Å². The lowest BCUT2D eigenvalue weighted by atomic mass is 10.1. The number of carbonyl (C=O) groups excluding carboxylic acids is 1. The van der Waals surface area contributed by atoms with Gasteiger partial charge in [0, 0.05) is 11.6 Å². The topological polar surface area (TPSA) is 75.7 Å². The van der Waals surface area contributed by atoms with E-state index >= 15 is 0 Å². The van der Waals surface area contributed by atoms with Gasteiger partial charge in [-0.25, -0.2) is 8.42 Å². The second kappa shape index (κ2) is 7.60. The molecule has 7 heteroatoms. The largest absolute Gasteiger partial charge is 0.492 e. The van der Waals surface area contributed by atoms with E-state index in [-0.39, 0.29) is 11.9 Å². The summed E-state index contributed by atoms with van der Waals surface area (Å²) in [6, 6.07) is 12.7. The average Bonchev–Trinajstić information content (AvgIpc) is 2.93. The third-order valence-electron chi connectivity index (χ3n) is 4.50. The van der Waals surface area contributed by atoms with Gasteiger partial charge in [0.2, 0.25) is 10.0 Å². The standard InChI is InChI=1S/C20H24N2O4S/c1-14-5-4-6-18(11-14)26-10-9-21-20(23)16-7-8-19-17(13-16)12-15(2)22(19)27(3,24)25/h4-8,11,13,15H,9-10,12H2,1-3H3,(H,21,23). The van der Waals surface area contributed by atoms with Crippen molar-refractivity contribution in [1.82, 2.24) is 5.32 Å². The highest BCUT2D eigenvalue weighted by atomic mass is 32.2. The summed E-state index contributed by atoms with van der Waals surface area (Å²) in [6.45, 7) is 4.62. The van der Waals surface area contributed by atoms with Gasteiger partial charge in [0.15, 0.2) is 0 Å². The molecule has 0 fully saturated rings. The smallest absolute Gasteiger partial charge is 0.251 e. The van der Waals surface area contributed by atoms with Crippen molar-refractivity contribution in [2.45, 2.75) is 26.3 Å². The van der Waals surface area contributed by atoms with E-state index in [2.05, 4.69) is 5.32 Å². The number of benzene rings is 2. The van der Waals surface area contributed by atoms with E-state index in [1.54, 1.807) is 18.2 Å². The molecule has 0 spiro atoms. The lowest BCUT2D eigenvalue weighted by Crippen LogP contribution is -2.34. The van der Waals surface area contributed by atoms with Crippen LogP contribution in [-0.2, 0) is 16.4 Å². The van der Waals surface area contributed by atoms with E-state index in [4.69, 9.17) is 4.74 Å².